The quantitative estimate of drug-likeness (QED) is 0.679. The summed E-state index contributed by atoms with van der Waals surface area (Å²) in [6, 6.07) is 2.33. The van der Waals surface area contributed by atoms with E-state index in [0.717, 1.165) is 12.1 Å². The molecule has 0 aromatic heterocycles. The maximum atomic E-state index is 13.1. The number of carbonyl (C=O) groups excluding carboxylic acids is 2. The first-order chi connectivity index (χ1) is 8.58. The van der Waals surface area contributed by atoms with E-state index in [4.69, 9.17) is 0 Å². The number of anilines is 1. The Morgan fingerprint density at radius 2 is 2.06 bits per heavy atom. The fraction of sp³-hybridized carbons (Fsp3) is 0.0909. The van der Waals surface area contributed by atoms with Crippen LogP contribution < -0.4 is 15.9 Å². The van der Waals surface area contributed by atoms with Crippen molar-refractivity contribution in [2.75, 3.05) is 5.06 Å². The van der Waals surface area contributed by atoms with E-state index in [9.17, 15) is 19.2 Å². The van der Waals surface area contributed by atoms with E-state index in [1.165, 1.54) is 12.1 Å². The summed E-state index contributed by atoms with van der Waals surface area (Å²) in [6.07, 6.45) is 1.35. The fourth-order valence-corrected chi connectivity index (χ4v) is 2.05. The molecule has 3 rings (SSSR count). The molecule has 6 nitrogen and oxygen atoms in total. The Labute approximate surface area is 101 Å². The lowest BCUT2D eigenvalue weighted by atomic mass is 9.95. The maximum absolute atomic E-state index is 13.1. The molecule has 2 heterocycles. The number of hydrazine groups is 1. The van der Waals surface area contributed by atoms with Crippen LogP contribution in [0, 0.1) is 11.0 Å². The second kappa shape index (κ2) is 3.54. The van der Waals surface area contributed by atoms with Crippen molar-refractivity contribution in [3.05, 3.63) is 40.4 Å². The minimum atomic E-state index is -1.23. The molecule has 1 fully saturated rings. The van der Waals surface area contributed by atoms with Gasteiger partial charge in [-0.25, -0.2) is 4.39 Å². The monoisotopic (exact) mass is 248 g/mol. The Morgan fingerprint density at radius 1 is 1.28 bits per heavy atom. The van der Waals surface area contributed by atoms with E-state index in [0.29, 0.717) is 5.06 Å². The number of carbonyl (C=O) groups is 2. The van der Waals surface area contributed by atoms with E-state index < -0.39 is 23.7 Å². The van der Waals surface area contributed by atoms with Crippen LogP contribution in [0.25, 0.3) is 6.08 Å². The third kappa shape index (κ3) is 1.37. The Bertz CT molecular complexity index is 599. The van der Waals surface area contributed by atoms with Crippen molar-refractivity contribution in [1.29, 1.82) is 0 Å². The van der Waals surface area contributed by atoms with Crippen LogP contribution >= 0.6 is 0 Å². The van der Waals surface area contributed by atoms with E-state index in [2.05, 4.69) is 10.9 Å². The van der Waals surface area contributed by atoms with Crippen LogP contribution in [0.1, 0.15) is 5.56 Å². The Balaban J connectivity index is 2.19. The van der Waals surface area contributed by atoms with Gasteiger partial charge in [-0.2, -0.15) is 0 Å². The molecule has 92 valence electrons. The van der Waals surface area contributed by atoms with Crippen LogP contribution in [0.5, 0.6) is 0 Å². The molecule has 0 bridgehead atoms. The first-order valence-electron chi connectivity index (χ1n) is 5.15. The molecule has 0 radical (unpaired) electrons. The number of nitrogens with one attached hydrogen (secondary N) is 2. The molecule has 2 aliphatic rings. The normalized spacial score (nSPS) is 21.6. The minimum Gasteiger partial charge on any atom is -0.757 e. The number of benzene rings is 1. The van der Waals surface area contributed by atoms with Crippen LogP contribution in [0.2, 0.25) is 0 Å². The summed E-state index contributed by atoms with van der Waals surface area (Å²) >= 11 is 0. The lowest BCUT2D eigenvalue weighted by molar-refractivity contribution is -0.131. The number of nitrogens with zero attached hydrogens (tertiary/aromatic N) is 1. The molecule has 0 spiro atoms. The highest BCUT2D eigenvalue weighted by molar-refractivity contribution is 6.12. The molecular weight excluding hydrogens is 241 g/mol. The van der Waals surface area contributed by atoms with Crippen molar-refractivity contribution < 1.29 is 14.0 Å². The van der Waals surface area contributed by atoms with Crippen molar-refractivity contribution >= 4 is 23.6 Å². The van der Waals surface area contributed by atoms with Crippen molar-refractivity contribution in [2.45, 2.75) is 6.04 Å². The summed E-state index contributed by atoms with van der Waals surface area (Å²) in [5.41, 5.74) is 4.69. The number of hydrogen-bond donors (Lipinski definition) is 2. The highest BCUT2D eigenvalue weighted by atomic mass is 19.1. The van der Waals surface area contributed by atoms with Crippen molar-refractivity contribution in [3.63, 3.8) is 0 Å². The van der Waals surface area contributed by atoms with Gasteiger partial charge in [0.25, 0.3) is 11.8 Å². The zero-order valence-corrected chi connectivity index (χ0v) is 8.94. The van der Waals surface area contributed by atoms with Gasteiger partial charge in [-0.3, -0.25) is 20.4 Å². The summed E-state index contributed by atoms with van der Waals surface area (Å²) in [7, 11) is 0. The van der Waals surface area contributed by atoms with Gasteiger partial charge in [0.05, 0.1) is 5.57 Å². The van der Waals surface area contributed by atoms with Gasteiger partial charge >= 0.3 is 0 Å². The summed E-state index contributed by atoms with van der Waals surface area (Å²) < 4.78 is 13.1. The lowest BCUT2D eigenvalue weighted by Gasteiger charge is -2.44. The van der Waals surface area contributed by atoms with Crippen molar-refractivity contribution in [2.24, 2.45) is 0 Å². The second-order valence-corrected chi connectivity index (χ2v) is 3.97. The zero-order chi connectivity index (χ0) is 12.9. The average molecular weight is 248 g/mol. The largest absolute Gasteiger partial charge is 0.757 e. The van der Waals surface area contributed by atoms with Gasteiger partial charge in [0, 0.05) is 11.3 Å². The lowest BCUT2D eigenvalue weighted by Crippen LogP contribution is -2.60. The molecule has 2 amide bonds. The van der Waals surface area contributed by atoms with Gasteiger partial charge in [-0.05, 0) is 24.3 Å². The Morgan fingerprint density at radius 3 is 2.83 bits per heavy atom. The van der Waals surface area contributed by atoms with Crippen LogP contribution in [-0.2, 0) is 9.59 Å². The SMILES string of the molecule is O=C1NNC(=O)C2C1=Cc1cc(F)ccc1N2[O-]. The predicted molar refractivity (Wildman–Crippen MR) is 60.3 cm³/mol. The van der Waals surface area contributed by atoms with Crippen molar-refractivity contribution in [3.8, 4) is 0 Å². The third-order valence-corrected chi connectivity index (χ3v) is 2.88. The smallest absolute Gasteiger partial charge is 0.268 e. The van der Waals surface area contributed by atoms with E-state index in [1.807, 2.05) is 0 Å². The van der Waals surface area contributed by atoms with E-state index >= 15 is 0 Å². The molecule has 2 aliphatic heterocycles. The molecule has 0 aliphatic carbocycles. The van der Waals surface area contributed by atoms with Gasteiger partial charge in [-0.15, -0.1) is 0 Å². The molecule has 2 N–H and O–H groups in total. The minimum absolute atomic E-state index is 0.00634. The predicted octanol–water partition coefficient (Wildman–Crippen LogP) is 0.0565. The molecule has 0 saturated carbocycles. The maximum Gasteiger partial charge on any atom is 0.268 e. The summed E-state index contributed by atoms with van der Waals surface area (Å²) in [5, 5.41) is 12.4. The van der Waals surface area contributed by atoms with Gasteiger partial charge in [0.2, 0.25) is 0 Å². The standard InChI is InChI=1S/C11H7FN3O3/c12-6-1-2-8-5(3-6)4-7-9(15(8)18)11(17)14-13-10(7)16/h1-4,9H,(H,13,16)(H,14,17)/q-1. The molecule has 18 heavy (non-hydrogen) atoms. The Kier molecular flexibility index (Phi) is 2.11. The fourth-order valence-electron chi connectivity index (χ4n) is 2.05. The second-order valence-electron chi connectivity index (χ2n) is 3.97. The van der Waals surface area contributed by atoms with Crippen LogP contribution in [0.15, 0.2) is 23.8 Å². The first kappa shape index (κ1) is 10.7. The topological polar surface area (TPSA) is 84.5 Å². The number of amides is 2. The van der Waals surface area contributed by atoms with Crippen LogP contribution in [-0.4, -0.2) is 17.9 Å². The van der Waals surface area contributed by atoms with E-state index in [-0.39, 0.29) is 16.8 Å². The van der Waals surface area contributed by atoms with Crippen LogP contribution in [0.4, 0.5) is 10.1 Å². The molecule has 1 aromatic rings. The number of halogens is 1. The molecule has 7 heteroatoms. The molecule has 1 saturated heterocycles. The van der Waals surface area contributed by atoms with Gasteiger partial charge in [0.1, 0.15) is 11.9 Å². The summed E-state index contributed by atoms with van der Waals surface area (Å²) in [5.74, 6) is -1.71. The highest BCUT2D eigenvalue weighted by Crippen LogP contribution is 2.33. The van der Waals surface area contributed by atoms with Gasteiger partial charge < -0.3 is 10.3 Å². The molecule has 1 atom stereocenters. The summed E-state index contributed by atoms with van der Waals surface area (Å²) in [4.78, 5) is 23.1. The molecule has 1 aromatic carbocycles. The number of rotatable bonds is 0. The number of fused-ring (bicyclic) bond motifs is 2. The third-order valence-electron chi connectivity index (χ3n) is 2.88. The molecule has 1 unspecified atom stereocenters. The van der Waals surface area contributed by atoms with Gasteiger partial charge in [-0.1, -0.05) is 0 Å². The molecular formula is C11H7FN3O3-. The highest BCUT2D eigenvalue weighted by Gasteiger charge is 2.36. The summed E-state index contributed by atoms with van der Waals surface area (Å²) in [6.45, 7) is 0. The van der Waals surface area contributed by atoms with Gasteiger partial charge in [0.15, 0.2) is 0 Å². The average Bonchev–Trinajstić information content (AvgIpc) is 2.33. The van der Waals surface area contributed by atoms with Crippen molar-refractivity contribution in [1.82, 2.24) is 10.9 Å². The number of hydroxylamine groups is 1. The number of hydrogen-bond acceptors (Lipinski definition) is 4. The Hall–Kier alpha value is -2.41. The zero-order valence-electron chi connectivity index (χ0n) is 8.94. The van der Waals surface area contributed by atoms with E-state index in [1.54, 1.807) is 0 Å². The first-order valence-corrected chi connectivity index (χ1v) is 5.15. The van der Waals surface area contributed by atoms with Crippen LogP contribution in [0.3, 0.4) is 0 Å².